The summed E-state index contributed by atoms with van der Waals surface area (Å²) in [5, 5.41) is 12.6. The van der Waals surface area contributed by atoms with Crippen LogP contribution in [0.3, 0.4) is 0 Å². The summed E-state index contributed by atoms with van der Waals surface area (Å²) in [6, 6.07) is 9.47. The summed E-state index contributed by atoms with van der Waals surface area (Å²) in [7, 11) is 0. The Kier molecular flexibility index (Phi) is 3.98. The number of rotatable bonds is 3. The van der Waals surface area contributed by atoms with E-state index in [-0.39, 0.29) is 23.0 Å². The lowest BCUT2D eigenvalue weighted by Crippen LogP contribution is -2.24. The second kappa shape index (κ2) is 5.48. The maximum Gasteiger partial charge on any atom is 0.219 e. The number of benzene rings is 1. The average molecular weight is 237 g/mol. The van der Waals surface area contributed by atoms with Crippen molar-refractivity contribution in [1.82, 2.24) is 5.32 Å². The zero-order chi connectivity index (χ0) is 11.4. The van der Waals surface area contributed by atoms with Gasteiger partial charge in [-0.25, -0.2) is 0 Å². The molecule has 0 saturated carbocycles. The van der Waals surface area contributed by atoms with E-state index in [1.807, 2.05) is 30.3 Å². The fourth-order valence-electron chi connectivity index (χ4n) is 1.80. The minimum atomic E-state index is 0.117. The molecule has 1 aromatic rings. The van der Waals surface area contributed by atoms with Crippen LogP contribution in [0, 0.1) is 0 Å². The molecule has 2 unspecified atom stereocenters. The van der Waals surface area contributed by atoms with Gasteiger partial charge in [-0.3, -0.25) is 4.79 Å². The van der Waals surface area contributed by atoms with Crippen molar-refractivity contribution in [3.63, 3.8) is 0 Å². The van der Waals surface area contributed by atoms with Crippen molar-refractivity contribution >= 4 is 16.9 Å². The van der Waals surface area contributed by atoms with E-state index in [4.69, 9.17) is 5.11 Å². The number of aliphatic hydroxyl groups excluding tert-OH is 1. The van der Waals surface area contributed by atoms with Crippen LogP contribution in [-0.4, -0.2) is 34.7 Å². The minimum absolute atomic E-state index is 0.117. The van der Waals surface area contributed by atoms with Crippen LogP contribution < -0.4 is 5.32 Å². The Balaban J connectivity index is 1.89. The van der Waals surface area contributed by atoms with E-state index in [0.717, 1.165) is 18.5 Å². The first-order valence-corrected chi connectivity index (χ1v) is 6.28. The van der Waals surface area contributed by atoms with Gasteiger partial charge in [0.15, 0.2) is 0 Å². The van der Waals surface area contributed by atoms with Crippen LogP contribution in [0.5, 0.6) is 0 Å². The summed E-state index contributed by atoms with van der Waals surface area (Å²) < 4.78 is 0. The summed E-state index contributed by atoms with van der Waals surface area (Å²) in [6.07, 6.45) is 0.861. The molecule has 1 heterocycles. The highest BCUT2D eigenvalue weighted by molar-refractivity contribution is 8.14. The fourth-order valence-corrected chi connectivity index (χ4v) is 2.89. The van der Waals surface area contributed by atoms with Gasteiger partial charge in [0.25, 0.3) is 0 Å². The molecule has 16 heavy (non-hydrogen) atoms. The van der Waals surface area contributed by atoms with Crippen LogP contribution in [0.15, 0.2) is 30.3 Å². The van der Waals surface area contributed by atoms with Crippen molar-refractivity contribution in [2.45, 2.75) is 17.7 Å². The molecule has 2 N–H and O–H groups in total. The van der Waals surface area contributed by atoms with Crippen LogP contribution in [0.4, 0.5) is 0 Å². The first-order chi connectivity index (χ1) is 7.79. The smallest absolute Gasteiger partial charge is 0.219 e. The van der Waals surface area contributed by atoms with Gasteiger partial charge in [-0.15, -0.1) is 0 Å². The molecule has 0 spiro atoms. The summed E-state index contributed by atoms with van der Waals surface area (Å²) in [4.78, 5) is 11.9. The second-order valence-electron chi connectivity index (χ2n) is 3.92. The quantitative estimate of drug-likeness (QED) is 0.831. The van der Waals surface area contributed by atoms with Crippen molar-refractivity contribution in [1.29, 1.82) is 0 Å². The van der Waals surface area contributed by atoms with E-state index in [1.54, 1.807) is 0 Å². The predicted octanol–water partition coefficient (Wildman–Crippen LogP) is 1.28. The summed E-state index contributed by atoms with van der Waals surface area (Å²) >= 11 is 1.37. The maximum atomic E-state index is 11.9. The topological polar surface area (TPSA) is 49.3 Å². The number of carbonyl (C=O) groups is 1. The molecule has 0 aliphatic carbocycles. The Labute approximate surface area is 99.2 Å². The average Bonchev–Trinajstić information content (AvgIpc) is 2.78. The molecule has 3 nitrogen and oxygen atoms in total. The Morgan fingerprint density at radius 1 is 1.44 bits per heavy atom. The van der Waals surface area contributed by atoms with Gasteiger partial charge in [0, 0.05) is 23.4 Å². The molecule has 2 rings (SSSR count). The van der Waals surface area contributed by atoms with Crippen LogP contribution in [-0.2, 0) is 0 Å². The van der Waals surface area contributed by atoms with E-state index < -0.39 is 0 Å². The predicted molar refractivity (Wildman–Crippen MR) is 65.6 cm³/mol. The zero-order valence-corrected chi connectivity index (χ0v) is 9.74. The zero-order valence-electron chi connectivity index (χ0n) is 8.93. The summed E-state index contributed by atoms with van der Waals surface area (Å²) in [5.74, 6) is 0. The van der Waals surface area contributed by atoms with Crippen molar-refractivity contribution < 1.29 is 9.90 Å². The van der Waals surface area contributed by atoms with Crippen LogP contribution in [0.2, 0.25) is 0 Å². The Morgan fingerprint density at radius 3 is 2.81 bits per heavy atom. The molecule has 0 bridgehead atoms. The van der Waals surface area contributed by atoms with Gasteiger partial charge in [-0.2, -0.15) is 0 Å². The third-order valence-electron chi connectivity index (χ3n) is 2.69. The number of hydrogen-bond donors (Lipinski definition) is 2. The molecule has 1 saturated heterocycles. The lowest BCUT2D eigenvalue weighted by Gasteiger charge is -2.07. The van der Waals surface area contributed by atoms with Crippen LogP contribution >= 0.6 is 11.8 Å². The minimum Gasteiger partial charge on any atom is -0.395 e. The fraction of sp³-hybridized carbons (Fsp3) is 0.417. The van der Waals surface area contributed by atoms with E-state index in [1.165, 1.54) is 11.8 Å². The molecule has 0 amide bonds. The summed E-state index contributed by atoms with van der Waals surface area (Å²) in [5.41, 5.74) is 0.750. The molecule has 0 aromatic heterocycles. The third kappa shape index (κ3) is 2.84. The maximum absolute atomic E-state index is 11.9. The van der Waals surface area contributed by atoms with Gasteiger partial charge < -0.3 is 10.4 Å². The Bertz CT molecular complexity index is 355. The van der Waals surface area contributed by atoms with Gasteiger partial charge >= 0.3 is 0 Å². The van der Waals surface area contributed by atoms with E-state index in [0.29, 0.717) is 0 Å². The van der Waals surface area contributed by atoms with Gasteiger partial charge in [0.05, 0.1) is 6.61 Å². The van der Waals surface area contributed by atoms with Crippen molar-refractivity contribution in [3.8, 4) is 0 Å². The first-order valence-electron chi connectivity index (χ1n) is 5.40. The Morgan fingerprint density at radius 2 is 2.19 bits per heavy atom. The molecule has 1 aliphatic rings. The molecule has 1 fully saturated rings. The monoisotopic (exact) mass is 237 g/mol. The number of nitrogens with one attached hydrogen (secondary N) is 1. The molecule has 2 atom stereocenters. The number of aliphatic hydroxyl groups is 1. The number of thioether (sulfide) groups is 1. The highest BCUT2D eigenvalue weighted by Gasteiger charge is 2.26. The molecular weight excluding hydrogens is 222 g/mol. The van der Waals surface area contributed by atoms with Gasteiger partial charge in [-0.1, -0.05) is 42.1 Å². The summed E-state index contributed by atoms with van der Waals surface area (Å²) in [6.45, 7) is 0.949. The van der Waals surface area contributed by atoms with Crippen LogP contribution in [0.1, 0.15) is 16.8 Å². The highest BCUT2D eigenvalue weighted by atomic mass is 32.2. The van der Waals surface area contributed by atoms with Crippen molar-refractivity contribution in [2.24, 2.45) is 0 Å². The third-order valence-corrected chi connectivity index (χ3v) is 3.83. The SMILES string of the molecule is O=C(SC1CNC(CO)C1)c1ccccc1. The lowest BCUT2D eigenvalue weighted by atomic mass is 10.2. The lowest BCUT2D eigenvalue weighted by molar-refractivity contribution is 0.108. The van der Waals surface area contributed by atoms with Crippen molar-refractivity contribution in [3.05, 3.63) is 35.9 Å². The first kappa shape index (κ1) is 11.6. The molecule has 1 aliphatic heterocycles. The largest absolute Gasteiger partial charge is 0.395 e. The van der Waals surface area contributed by atoms with Crippen molar-refractivity contribution in [2.75, 3.05) is 13.2 Å². The van der Waals surface area contributed by atoms with E-state index >= 15 is 0 Å². The van der Waals surface area contributed by atoms with E-state index in [9.17, 15) is 4.79 Å². The van der Waals surface area contributed by atoms with Gasteiger partial charge in [-0.05, 0) is 6.42 Å². The van der Waals surface area contributed by atoms with E-state index in [2.05, 4.69) is 5.32 Å². The second-order valence-corrected chi connectivity index (χ2v) is 5.19. The number of hydrogen-bond acceptors (Lipinski definition) is 4. The molecule has 1 aromatic carbocycles. The molecular formula is C12H15NO2S. The van der Waals surface area contributed by atoms with Gasteiger partial charge in [0.1, 0.15) is 0 Å². The number of carbonyl (C=O) groups excluding carboxylic acids is 1. The molecule has 86 valence electrons. The van der Waals surface area contributed by atoms with Gasteiger partial charge in [0.2, 0.25) is 5.12 Å². The molecule has 4 heteroatoms. The van der Waals surface area contributed by atoms with Crippen LogP contribution in [0.25, 0.3) is 0 Å². The molecule has 0 radical (unpaired) electrons. The standard InChI is InChI=1S/C12H15NO2S/c14-8-10-6-11(7-13-10)16-12(15)9-4-2-1-3-5-9/h1-5,10-11,13-14H,6-8H2. The highest BCUT2D eigenvalue weighted by Crippen LogP contribution is 2.24. The normalized spacial score (nSPS) is 24.6. The Hall–Kier alpha value is -0.840.